The minimum atomic E-state index is -3.51. The van der Waals surface area contributed by atoms with Crippen molar-refractivity contribution in [2.45, 2.75) is 58.0 Å². The molecule has 1 saturated carbocycles. The molecule has 2 N–H and O–H groups in total. The number of rotatable bonds is 8. The van der Waals surface area contributed by atoms with Gasteiger partial charge in [0, 0.05) is 6.04 Å². The van der Waals surface area contributed by atoms with Gasteiger partial charge < -0.3 is 10.0 Å². The van der Waals surface area contributed by atoms with Crippen molar-refractivity contribution in [1.29, 1.82) is 0 Å². The Morgan fingerprint density at radius 2 is 1.90 bits per heavy atom. The highest BCUT2D eigenvalue weighted by molar-refractivity contribution is 7.89. The smallest absolute Gasteiger partial charge is 0.323 e. The SMILES string of the molecule is CCCS(=O)(=O)NC(C)C(=O)N(CC(=O)O)C1CCCC1. The Kier molecular flexibility index (Phi) is 6.60. The van der Waals surface area contributed by atoms with Gasteiger partial charge in [0.25, 0.3) is 0 Å². The van der Waals surface area contributed by atoms with Gasteiger partial charge in [-0.25, -0.2) is 13.1 Å². The second-order valence-electron chi connectivity index (χ2n) is 5.46. The van der Waals surface area contributed by atoms with E-state index in [-0.39, 0.29) is 18.3 Å². The number of aliphatic carboxylic acids is 1. The Morgan fingerprint density at radius 1 is 1.33 bits per heavy atom. The fourth-order valence-electron chi connectivity index (χ4n) is 2.64. The zero-order chi connectivity index (χ0) is 16.0. The van der Waals surface area contributed by atoms with Gasteiger partial charge in [-0.15, -0.1) is 0 Å². The van der Waals surface area contributed by atoms with Crippen LogP contribution in [-0.2, 0) is 19.6 Å². The van der Waals surface area contributed by atoms with E-state index >= 15 is 0 Å². The number of sulfonamides is 1. The summed E-state index contributed by atoms with van der Waals surface area (Å²) in [6, 6.07) is -1.05. The van der Waals surface area contributed by atoms with E-state index in [1.165, 1.54) is 11.8 Å². The van der Waals surface area contributed by atoms with E-state index in [1.54, 1.807) is 6.92 Å². The standard InChI is InChI=1S/C13H24N2O5S/c1-3-8-21(19,20)14-10(2)13(18)15(9-12(16)17)11-6-4-5-7-11/h10-11,14H,3-9H2,1-2H3,(H,16,17). The molecule has 7 nitrogen and oxygen atoms in total. The third-order valence-electron chi connectivity index (χ3n) is 3.55. The van der Waals surface area contributed by atoms with Crippen LogP contribution < -0.4 is 4.72 Å². The van der Waals surface area contributed by atoms with Gasteiger partial charge in [0.2, 0.25) is 15.9 Å². The number of nitrogens with one attached hydrogen (secondary N) is 1. The lowest BCUT2D eigenvalue weighted by Crippen LogP contribution is -2.51. The highest BCUT2D eigenvalue weighted by Gasteiger charge is 2.32. The third-order valence-corrected chi connectivity index (χ3v) is 5.21. The van der Waals surface area contributed by atoms with Gasteiger partial charge in [0.05, 0.1) is 11.8 Å². The Balaban J connectivity index is 2.76. The van der Waals surface area contributed by atoms with Gasteiger partial charge in [0.1, 0.15) is 6.54 Å². The van der Waals surface area contributed by atoms with Crippen LogP contribution in [0.25, 0.3) is 0 Å². The van der Waals surface area contributed by atoms with Crippen LogP contribution in [0, 0.1) is 0 Å². The summed E-state index contributed by atoms with van der Waals surface area (Å²) in [7, 11) is -3.51. The molecule has 1 rings (SSSR count). The van der Waals surface area contributed by atoms with E-state index in [9.17, 15) is 18.0 Å². The zero-order valence-electron chi connectivity index (χ0n) is 12.5. The molecule has 0 aromatic carbocycles. The molecule has 1 amide bonds. The largest absolute Gasteiger partial charge is 0.480 e. The lowest BCUT2D eigenvalue weighted by atomic mass is 10.2. The lowest BCUT2D eigenvalue weighted by Gasteiger charge is -2.30. The monoisotopic (exact) mass is 320 g/mol. The van der Waals surface area contributed by atoms with Crippen LogP contribution >= 0.6 is 0 Å². The molecular weight excluding hydrogens is 296 g/mol. The number of carboxylic acid groups (broad SMARTS) is 1. The van der Waals surface area contributed by atoms with Crippen LogP contribution in [0.5, 0.6) is 0 Å². The van der Waals surface area contributed by atoms with Gasteiger partial charge >= 0.3 is 5.97 Å². The molecule has 1 aliphatic rings. The second-order valence-corrected chi connectivity index (χ2v) is 7.33. The molecule has 0 bridgehead atoms. The van der Waals surface area contributed by atoms with E-state index in [0.717, 1.165) is 25.7 Å². The van der Waals surface area contributed by atoms with Crippen molar-refractivity contribution in [3.8, 4) is 0 Å². The zero-order valence-corrected chi connectivity index (χ0v) is 13.4. The second kappa shape index (κ2) is 7.74. The first-order valence-corrected chi connectivity index (χ1v) is 8.94. The summed E-state index contributed by atoms with van der Waals surface area (Å²) in [5.74, 6) is -1.60. The number of carboxylic acids is 1. The molecule has 0 aromatic rings. The van der Waals surface area contributed by atoms with Gasteiger partial charge in [-0.05, 0) is 26.2 Å². The third kappa shape index (κ3) is 5.62. The maximum atomic E-state index is 12.4. The Bertz CT molecular complexity index is 471. The minimum Gasteiger partial charge on any atom is -0.480 e. The predicted molar refractivity (Wildman–Crippen MR) is 78.3 cm³/mol. The molecule has 0 heterocycles. The van der Waals surface area contributed by atoms with E-state index in [4.69, 9.17) is 5.11 Å². The predicted octanol–water partition coefficient (Wildman–Crippen LogP) is 0.560. The summed E-state index contributed by atoms with van der Waals surface area (Å²) in [5, 5.41) is 8.96. The highest BCUT2D eigenvalue weighted by Crippen LogP contribution is 2.24. The summed E-state index contributed by atoms with van der Waals surface area (Å²) in [6.07, 6.45) is 3.92. The van der Waals surface area contributed by atoms with Crippen LogP contribution in [0.15, 0.2) is 0 Å². The lowest BCUT2D eigenvalue weighted by molar-refractivity contribution is -0.146. The number of amides is 1. The van der Waals surface area contributed by atoms with Crippen LogP contribution in [0.4, 0.5) is 0 Å². The summed E-state index contributed by atoms with van der Waals surface area (Å²) < 4.78 is 25.7. The first-order chi connectivity index (χ1) is 9.76. The molecule has 122 valence electrons. The average Bonchev–Trinajstić information content (AvgIpc) is 2.87. The van der Waals surface area contributed by atoms with Gasteiger partial charge in [0.15, 0.2) is 0 Å². The topological polar surface area (TPSA) is 104 Å². The average molecular weight is 320 g/mol. The molecule has 0 spiro atoms. The van der Waals surface area contributed by atoms with Gasteiger partial charge in [-0.3, -0.25) is 9.59 Å². The number of carbonyl (C=O) groups excluding carboxylic acids is 1. The summed E-state index contributed by atoms with van der Waals surface area (Å²) in [4.78, 5) is 24.6. The van der Waals surface area contributed by atoms with Crippen molar-refractivity contribution < 1.29 is 23.1 Å². The molecule has 1 fully saturated rings. The van der Waals surface area contributed by atoms with Crippen molar-refractivity contribution >= 4 is 21.9 Å². The summed E-state index contributed by atoms with van der Waals surface area (Å²) in [6.45, 7) is 2.81. The first kappa shape index (κ1) is 17.9. The minimum absolute atomic E-state index is 0.0486. The maximum Gasteiger partial charge on any atom is 0.323 e. The number of hydrogen-bond acceptors (Lipinski definition) is 4. The highest BCUT2D eigenvalue weighted by atomic mass is 32.2. The first-order valence-electron chi connectivity index (χ1n) is 7.29. The van der Waals surface area contributed by atoms with E-state index in [2.05, 4.69) is 4.72 Å². The van der Waals surface area contributed by atoms with E-state index in [0.29, 0.717) is 6.42 Å². The van der Waals surface area contributed by atoms with E-state index in [1.807, 2.05) is 0 Å². The van der Waals surface area contributed by atoms with Crippen molar-refractivity contribution in [3.05, 3.63) is 0 Å². The number of carbonyl (C=O) groups is 2. The maximum absolute atomic E-state index is 12.4. The van der Waals surface area contributed by atoms with Crippen LogP contribution in [-0.4, -0.2) is 54.7 Å². The molecule has 0 saturated heterocycles. The van der Waals surface area contributed by atoms with Gasteiger partial charge in [-0.2, -0.15) is 0 Å². The normalized spacial score (nSPS) is 17.6. The van der Waals surface area contributed by atoms with Crippen molar-refractivity contribution in [3.63, 3.8) is 0 Å². The van der Waals surface area contributed by atoms with Crippen LogP contribution in [0.1, 0.15) is 46.0 Å². The molecule has 1 unspecified atom stereocenters. The Labute approximate surface area is 125 Å². The Morgan fingerprint density at radius 3 is 2.38 bits per heavy atom. The van der Waals surface area contributed by atoms with Crippen LogP contribution in [0.3, 0.4) is 0 Å². The molecular formula is C13H24N2O5S. The Hall–Kier alpha value is -1.15. The quantitative estimate of drug-likeness (QED) is 0.680. The molecule has 0 aliphatic heterocycles. The molecule has 21 heavy (non-hydrogen) atoms. The van der Waals surface area contributed by atoms with Crippen molar-refractivity contribution in [2.24, 2.45) is 0 Å². The number of hydrogen-bond donors (Lipinski definition) is 2. The van der Waals surface area contributed by atoms with Crippen LogP contribution in [0.2, 0.25) is 0 Å². The molecule has 0 radical (unpaired) electrons. The molecule has 8 heteroatoms. The van der Waals surface area contributed by atoms with Crippen molar-refractivity contribution in [2.75, 3.05) is 12.3 Å². The molecule has 1 atom stereocenters. The van der Waals surface area contributed by atoms with Crippen molar-refractivity contribution in [1.82, 2.24) is 9.62 Å². The fraction of sp³-hybridized carbons (Fsp3) is 0.846. The molecule has 0 aromatic heterocycles. The summed E-state index contributed by atoms with van der Waals surface area (Å²) in [5.41, 5.74) is 0. The summed E-state index contributed by atoms with van der Waals surface area (Å²) >= 11 is 0. The molecule has 1 aliphatic carbocycles. The van der Waals surface area contributed by atoms with Gasteiger partial charge in [-0.1, -0.05) is 19.8 Å². The number of nitrogens with zero attached hydrogens (tertiary/aromatic N) is 1. The fourth-order valence-corrected chi connectivity index (χ4v) is 3.94. The van der Waals surface area contributed by atoms with E-state index < -0.39 is 27.9 Å².